The third-order valence-electron chi connectivity index (χ3n) is 4.42. The van der Waals surface area contributed by atoms with E-state index in [1.807, 2.05) is 18.3 Å². The van der Waals surface area contributed by atoms with Crippen molar-refractivity contribution in [2.45, 2.75) is 6.04 Å². The van der Waals surface area contributed by atoms with Gasteiger partial charge in [-0.1, -0.05) is 0 Å². The van der Waals surface area contributed by atoms with Gasteiger partial charge in [-0.25, -0.2) is 9.37 Å². The van der Waals surface area contributed by atoms with E-state index in [2.05, 4.69) is 14.8 Å². The molecule has 2 aromatic rings. The second-order valence-corrected chi connectivity index (χ2v) is 5.77. The highest BCUT2D eigenvalue weighted by Gasteiger charge is 2.35. The Morgan fingerprint density at radius 3 is 2.87 bits per heavy atom. The first-order valence-electron chi connectivity index (χ1n) is 7.68. The largest absolute Gasteiger partial charge is 0.489 e. The van der Waals surface area contributed by atoms with Crippen molar-refractivity contribution in [2.75, 3.05) is 43.2 Å². The second-order valence-electron chi connectivity index (χ2n) is 5.77. The highest BCUT2D eigenvalue weighted by atomic mass is 19.1. The van der Waals surface area contributed by atoms with Crippen LogP contribution in [-0.4, -0.2) is 44.4 Å². The third kappa shape index (κ3) is 2.54. The van der Waals surface area contributed by atoms with Crippen LogP contribution in [0.1, 0.15) is 0 Å². The summed E-state index contributed by atoms with van der Waals surface area (Å²) >= 11 is 0. The molecule has 0 amide bonds. The normalized spacial score (nSPS) is 17.3. The van der Waals surface area contributed by atoms with Crippen molar-refractivity contribution in [3.63, 3.8) is 0 Å². The summed E-state index contributed by atoms with van der Waals surface area (Å²) in [5.41, 5.74) is 2.07. The van der Waals surface area contributed by atoms with Crippen LogP contribution in [0.3, 0.4) is 0 Å². The highest BCUT2D eigenvalue weighted by Crippen LogP contribution is 2.36. The van der Waals surface area contributed by atoms with Crippen LogP contribution in [0.15, 0.2) is 36.5 Å². The predicted octanol–water partition coefficient (Wildman–Crippen LogP) is 2.32. The Hall–Kier alpha value is -2.50. The van der Waals surface area contributed by atoms with Crippen LogP contribution in [0.25, 0.3) is 0 Å². The Morgan fingerprint density at radius 2 is 2.13 bits per heavy atom. The molecule has 23 heavy (non-hydrogen) atoms. The molecule has 1 saturated heterocycles. The van der Waals surface area contributed by atoms with Gasteiger partial charge in [0, 0.05) is 25.2 Å². The molecule has 4 rings (SSSR count). The maximum absolute atomic E-state index is 13.3. The average Bonchev–Trinajstić information content (AvgIpc) is 2.54. The number of rotatable bonds is 3. The van der Waals surface area contributed by atoms with Crippen molar-refractivity contribution in [1.82, 2.24) is 4.98 Å². The summed E-state index contributed by atoms with van der Waals surface area (Å²) in [7, 11) is 1.61. The predicted molar refractivity (Wildman–Crippen MR) is 86.0 cm³/mol. The molecule has 1 aromatic carbocycles. The summed E-state index contributed by atoms with van der Waals surface area (Å²) < 4.78 is 24.0. The molecule has 2 aliphatic heterocycles. The molecule has 1 aromatic heterocycles. The number of aromatic nitrogens is 1. The van der Waals surface area contributed by atoms with Crippen LogP contribution < -0.4 is 19.3 Å². The molecule has 0 atom stereocenters. The molecule has 1 fully saturated rings. The monoisotopic (exact) mass is 315 g/mol. The van der Waals surface area contributed by atoms with Crippen molar-refractivity contribution in [3.05, 3.63) is 42.3 Å². The van der Waals surface area contributed by atoms with Gasteiger partial charge in [-0.15, -0.1) is 0 Å². The minimum atomic E-state index is -0.259. The van der Waals surface area contributed by atoms with E-state index in [0.717, 1.165) is 31.0 Å². The number of anilines is 2. The van der Waals surface area contributed by atoms with E-state index in [9.17, 15) is 4.39 Å². The van der Waals surface area contributed by atoms with Crippen molar-refractivity contribution < 1.29 is 13.9 Å². The Kier molecular flexibility index (Phi) is 3.44. The molecule has 0 aliphatic carbocycles. The molecule has 0 unspecified atom stereocenters. The zero-order chi connectivity index (χ0) is 15.8. The maximum Gasteiger partial charge on any atom is 0.213 e. The Morgan fingerprint density at radius 1 is 1.26 bits per heavy atom. The van der Waals surface area contributed by atoms with E-state index in [1.165, 1.54) is 12.1 Å². The number of hydrogen-bond acceptors (Lipinski definition) is 5. The Balaban J connectivity index is 1.46. The van der Waals surface area contributed by atoms with Gasteiger partial charge >= 0.3 is 0 Å². The third-order valence-corrected chi connectivity index (χ3v) is 4.42. The number of pyridine rings is 1. The van der Waals surface area contributed by atoms with Crippen molar-refractivity contribution in [1.29, 1.82) is 0 Å². The fourth-order valence-electron chi connectivity index (χ4n) is 3.14. The van der Waals surface area contributed by atoms with Gasteiger partial charge in [-0.3, -0.25) is 0 Å². The lowest BCUT2D eigenvalue weighted by atomic mass is 10.0. The van der Waals surface area contributed by atoms with Crippen LogP contribution in [0.5, 0.6) is 11.6 Å². The summed E-state index contributed by atoms with van der Waals surface area (Å²) in [6.45, 7) is 3.27. The molecule has 2 aliphatic rings. The van der Waals surface area contributed by atoms with Gasteiger partial charge in [-0.05, 0) is 18.2 Å². The summed E-state index contributed by atoms with van der Waals surface area (Å²) in [5.74, 6) is 1.00. The summed E-state index contributed by atoms with van der Waals surface area (Å²) in [5, 5.41) is 0. The summed E-state index contributed by atoms with van der Waals surface area (Å²) in [6.07, 6.45) is 1.83. The first-order chi connectivity index (χ1) is 11.2. The van der Waals surface area contributed by atoms with Gasteiger partial charge < -0.3 is 19.3 Å². The molecule has 3 heterocycles. The van der Waals surface area contributed by atoms with E-state index in [-0.39, 0.29) is 5.82 Å². The maximum atomic E-state index is 13.3. The molecule has 120 valence electrons. The van der Waals surface area contributed by atoms with E-state index < -0.39 is 0 Å². The van der Waals surface area contributed by atoms with E-state index in [0.29, 0.717) is 24.3 Å². The van der Waals surface area contributed by atoms with Crippen molar-refractivity contribution in [2.24, 2.45) is 0 Å². The van der Waals surface area contributed by atoms with Gasteiger partial charge in [0.2, 0.25) is 5.88 Å². The fraction of sp³-hybridized carbons (Fsp3) is 0.353. The molecule has 0 radical (unpaired) electrons. The summed E-state index contributed by atoms with van der Waals surface area (Å²) in [6, 6.07) is 9.06. The lowest BCUT2D eigenvalue weighted by Crippen LogP contribution is -2.61. The van der Waals surface area contributed by atoms with Crippen LogP contribution in [0.4, 0.5) is 15.8 Å². The summed E-state index contributed by atoms with van der Waals surface area (Å²) in [4.78, 5) is 8.83. The molecule has 0 bridgehead atoms. The number of hydrogen-bond donors (Lipinski definition) is 0. The fourth-order valence-corrected chi connectivity index (χ4v) is 3.14. The Bertz CT molecular complexity index is 701. The second kappa shape index (κ2) is 5.61. The number of benzene rings is 1. The number of nitrogens with zero attached hydrogens (tertiary/aromatic N) is 3. The molecule has 6 heteroatoms. The van der Waals surface area contributed by atoms with Gasteiger partial charge in [-0.2, -0.15) is 0 Å². The molecular weight excluding hydrogens is 297 g/mol. The van der Waals surface area contributed by atoms with Gasteiger partial charge in [0.05, 0.1) is 37.3 Å². The number of ether oxygens (including phenoxy) is 2. The first-order valence-corrected chi connectivity index (χ1v) is 7.68. The van der Waals surface area contributed by atoms with Crippen LogP contribution in [-0.2, 0) is 0 Å². The highest BCUT2D eigenvalue weighted by molar-refractivity contribution is 5.62. The lowest BCUT2D eigenvalue weighted by Gasteiger charge is -2.48. The Labute approximate surface area is 134 Å². The standard InChI is InChI=1S/C17H18FN3O2/c1-22-17-5-3-13(9-19-17)20-10-14(11-20)21-6-7-23-16-8-12(18)2-4-15(16)21/h2-5,8-9,14H,6-7,10-11H2,1H3. The SMILES string of the molecule is COc1ccc(N2CC(N3CCOc4cc(F)ccc43)C2)cn1. The number of fused-ring (bicyclic) bond motifs is 1. The first kappa shape index (κ1) is 14.1. The van der Waals surface area contributed by atoms with Crippen molar-refractivity contribution >= 4 is 11.4 Å². The van der Waals surface area contributed by atoms with Crippen LogP contribution in [0, 0.1) is 5.82 Å². The molecular formula is C17H18FN3O2. The lowest BCUT2D eigenvalue weighted by molar-refractivity contribution is 0.291. The van der Waals surface area contributed by atoms with E-state index >= 15 is 0 Å². The molecule has 0 spiro atoms. The zero-order valence-electron chi connectivity index (χ0n) is 12.9. The molecule has 0 N–H and O–H groups in total. The van der Waals surface area contributed by atoms with Crippen molar-refractivity contribution in [3.8, 4) is 11.6 Å². The number of halogens is 1. The quantitative estimate of drug-likeness (QED) is 0.869. The van der Waals surface area contributed by atoms with Gasteiger partial charge in [0.25, 0.3) is 0 Å². The minimum absolute atomic E-state index is 0.259. The number of methoxy groups -OCH3 is 1. The van der Waals surface area contributed by atoms with E-state index in [1.54, 1.807) is 13.2 Å². The van der Waals surface area contributed by atoms with Crippen LogP contribution >= 0.6 is 0 Å². The van der Waals surface area contributed by atoms with Gasteiger partial charge in [0.1, 0.15) is 18.2 Å². The zero-order valence-corrected chi connectivity index (χ0v) is 12.9. The molecule has 0 saturated carbocycles. The smallest absolute Gasteiger partial charge is 0.213 e. The minimum Gasteiger partial charge on any atom is -0.489 e. The topological polar surface area (TPSA) is 37.8 Å². The average molecular weight is 315 g/mol. The van der Waals surface area contributed by atoms with Gasteiger partial charge in [0.15, 0.2) is 0 Å². The molecule has 5 nitrogen and oxygen atoms in total. The van der Waals surface area contributed by atoms with Crippen LogP contribution in [0.2, 0.25) is 0 Å². The van der Waals surface area contributed by atoms with E-state index in [4.69, 9.17) is 9.47 Å².